The van der Waals surface area contributed by atoms with E-state index in [1.165, 1.54) is 22.9 Å². The third-order valence-corrected chi connectivity index (χ3v) is 6.47. The highest BCUT2D eigenvalue weighted by Crippen LogP contribution is 2.37. The van der Waals surface area contributed by atoms with E-state index < -0.39 is 17.6 Å². The van der Waals surface area contributed by atoms with Crippen molar-refractivity contribution in [3.8, 4) is 5.75 Å². The van der Waals surface area contributed by atoms with Gasteiger partial charge in [0.15, 0.2) is 0 Å². The van der Waals surface area contributed by atoms with Gasteiger partial charge in [0.1, 0.15) is 17.3 Å². The maximum atomic E-state index is 10.2. The molecule has 4 nitrogen and oxygen atoms in total. The Morgan fingerprint density at radius 2 is 2.04 bits per heavy atom. The summed E-state index contributed by atoms with van der Waals surface area (Å²) in [7, 11) is 0. The van der Waals surface area contributed by atoms with E-state index in [1.807, 2.05) is 24.5 Å². The topological polar surface area (TPSA) is 58.9 Å². The van der Waals surface area contributed by atoms with Crippen LogP contribution in [0.25, 0.3) is 0 Å². The smallest absolute Gasteiger partial charge is 0.132 e. The quantitative estimate of drug-likeness (QED) is 0.810. The molecule has 2 aromatic carbocycles. The molecule has 2 aliphatic heterocycles. The molecule has 144 valence electrons. The first-order valence-corrected chi connectivity index (χ1v) is 10.8. The van der Waals surface area contributed by atoms with E-state index >= 15 is 0 Å². The van der Waals surface area contributed by atoms with Crippen LogP contribution in [0.3, 0.4) is 0 Å². The highest BCUT2D eigenvalue weighted by molar-refractivity contribution is 7.99. The first kappa shape index (κ1) is 19.1. The van der Waals surface area contributed by atoms with Crippen LogP contribution in [0.15, 0.2) is 36.4 Å². The van der Waals surface area contributed by atoms with Crippen molar-refractivity contribution in [3.63, 3.8) is 0 Å². The summed E-state index contributed by atoms with van der Waals surface area (Å²) < 4.78 is 11.6. The molecular weight excluding hydrogens is 384 g/mol. The molecule has 0 radical (unpaired) electrons. The van der Waals surface area contributed by atoms with Gasteiger partial charge < -0.3 is 19.7 Å². The van der Waals surface area contributed by atoms with E-state index in [0.29, 0.717) is 11.4 Å². The summed E-state index contributed by atoms with van der Waals surface area (Å²) >= 11 is 7.86. The number of fused-ring (bicyclic) bond motifs is 1. The minimum Gasteiger partial charge on any atom is -0.493 e. The van der Waals surface area contributed by atoms with E-state index in [1.54, 1.807) is 0 Å². The molecule has 6 heteroatoms. The van der Waals surface area contributed by atoms with Crippen LogP contribution in [0.5, 0.6) is 5.75 Å². The molecular formula is C21H23ClO4S. The van der Waals surface area contributed by atoms with Gasteiger partial charge in [-0.25, -0.2) is 0 Å². The van der Waals surface area contributed by atoms with Gasteiger partial charge in [-0.15, -0.1) is 11.8 Å². The SMILES string of the molecule is CSC1OC(c2ccc(Cl)c(Cc3ccc4c(c3)CCO4)c2)C[C@@H](O)[C@@H]1O. The number of rotatable bonds is 4. The molecule has 4 rings (SSSR count). The third kappa shape index (κ3) is 3.98. The fraction of sp³-hybridized carbons (Fsp3) is 0.429. The molecule has 1 fully saturated rings. The van der Waals surface area contributed by atoms with Gasteiger partial charge in [-0.2, -0.15) is 0 Å². The van der Waals surface area contributed by atoms with Crippen molar-refractivity contribution >= 4 is 23.4 Å². The molecule has 2 unspecified atom stereocenters. The van der Waals surface area contributed by atoms with Crippen LogP contribution in [0.2, 0.25) is 5.02 Å². The molecule has 2 heterocycles. The van der Waals surface area contributed by atoms with Crippen LogP contribution in [0.4, 0.5) is 0 Å². The van der Waals surface area contributed by atoms with Gasteiger partial charge >= 0.3 is 0 Å². The lowest BCUT2D eigenvalue weighted by molar-refractivity contribution is -0.137. The number of aliphatic hydroxyl groups excluding tert-OH is 2. The molecule has 0 saturated carbocycles. The molecule has 1 saturated heterocycles. The normalized spacial score (nSPS) is 27.3. The second kappa shape index (κ2) is 8.02. The number of benzene rings is 2. The molecule has 0 bridgehead atoms. The highest BCUT2D eigenvalue weighted by atomic mass is 35.5. The second-order valence-electron chi connectivity index (χ2n) is 7.09. The summed E-state index contributed by atoms with van der Waals surface area (Å²) in [6.45, 7) is 0.749. The van der Waals surface area contributed by atoms with Gasteiger partial charge in [0.25, 0.3) is 0 Å². The predicted octanol–water partition coefficient (Wildman–Crippen LogP) is 3.74. The maximum Gasteiger partial charge on any atom is 0.132 e. The van der Waals surface area contributed by atoms with E-state index in [0.717, 1.165) is 36.3 Å². The molecule has 2 aliphatic rings. The molecule has 0 amide bonds. The summed E-state index contributed by atoms with van der Waals surface area (Å²) in [5.41, 5.74) is 4.01. The van der Waals surface area contributed by atoms with Crippen molar-refractivity contribution in [3.05, 3.63) is 63.7 Å². The number of aliphatic hydroxyl groups is 2. The van der Waals surface area contributed by atoms with Crippen molar-refractivity contribution in [2.45, 2.75) is 43.0 Å². The Hall–Kier alpha value is -1.24. The number of halogens is 1. The van der Waals surface area contributed by atoms with Crippen LogP contribution in [0.1, 0.15) is 34.8 Å². The molecule has 0 aliphatic carbocycles. The molecule has 4 atom stereocenters. The third-order valence-electron chi connectivity index (χ3n) is 5.25. The Labute approximate surface area is 168 Å². The fourth-order valence-electron chi connectivity index (χ4n) is 3.75. The lowest BCUT2D eigenvalue weighted by Gasteiger charge is -2.36. The molecule has 0 spiro atoms. The lowest BCUT2D eigenvalue weighted by Crippen LogP contribution is -2.43. The lowest BCUT2D eigenvalue weighted by atomic mass is 9.94. The van der Waals surface area contributed by atoms with Crippen molar-refractivity contribution in [2.75, 3.05) is 12.9 Å². The van der Waals surface area contributed by atoms with E-state index in [-0.39, 0.29) is 6.10 Å². The van der Waals surface area contributed by atoms with E-state index in [4.69, 9.17) is 21.1 Å². The average molecular weight is 407 g/mol. The first-order valence-electron chi connectivity index (χ1n) is 9.12. The summed E-state index contributed by atoms with van der Waals surface area (Å²) in [4.78, 5) is 0. The van der Waals surface area contributed by atoms with Crippen molar-refractivity contribution in [2.24, 2.45) is 0 Å². The first-order chi connectivity index (χ1) is 13.0. The molecule has 27 heavy (non-hydrogen) atoms. The number of hydrogen-bond acceptors (Lipinski definition) is 5. The van der Waals surface area contributed by atoms with Crippen LogP contribution < -0.4 is 4.74 Å². The molecule has 2 N–H and O–H groups in total. The van der Waals surface area contributed by atoms with Crippen LogP contribution in [0, 0.1) is 0 Å². The largest absolute Gasteiger partial charge is 0.493 e. The van der Waals surface area contributed by atoms with Crippen LogP contribution in [-0.4, -0.2) is 40.7 Å². The van der Waals surface area contributed by atoms with Crippen LogP contribution in [-0.2, 0) is 17.6 Å². The van der Waals surface area contributed by atoms with Gasteiger partial charge in [0.05, 0.1) is 18.8 Å². The molecule has 2 aromatic rings. The van der Waals surface area contributed by atoms with Gasteiger partial charge in [-0.05, 0) is 47.1 Å². The van der Waals surface area contributed by atoms with E-state index in [2.05, 4.69) is 18.2 Å². The Kier molecular flexibility index (Phi) is 5.67. The fourth-order valence-corrected chi connectivity index (χ4v) is 4.64. The van der Waals surface area contributed by atoms with Gasteiger partial charge in [0, 0.05) is 17.9 Å². The van der Waals surface area contributed by atoms with Crippen molar-refractivity contribution in [1.29, 1.82) is 0 Å². The Morgan fingerprint density at radius 3 is 2.85 bits per heavy atom. The monoisotopic (exact) mass is 406 g/mol. The summed E-state index contributed by atoms with van der Waals surface area (Å²) in [6.07, 6.45) is 2.00. The zero-order valence-electron chi connectivity index (χ0n) is 15.1. The summed E-state index contributed by atoms with van der Waals surface area (Å²) in [6, 6.07) is 12.2. The summed E-state index contributed by atoms with van der Waals surface area (Å²) in [5, 5.41) is 20.9. The van der Waals surface area contributed by atoms with Crippen LogP contribution >= 0.6 is 23.4 Å². The number of hydrogen-bond donors (Lipinski definition) is 2. The van der Waals surface area contributed by atoms with Crippen molar-refractivity contribution in [1.82, 2.24) is 0 Å². The minimum absolute atomic E-state index is 0.259. The minimum atomic E-state index is -0.864. The van der Waals surface area contributed by atoms with Gasteiger partial charge in [-0.3, -0.25) is 0 Å². The predicted molar refractivity (Wildman–Crippen MR) is 108 cm³/mol. The Balaban J connectivity index is 1.56. The van der Waals surface area contributed by atoms with Gasteiger partial charge in [-0.1, -0.05) is 35.9 Å². The Morgan fingerprint density at radius 1 is 1.19 bits per heavy atom. The Bertz CT molecular complexity index is 828. The van der Waals surface area contributed by atoms with Crippen molar-refractivity contribution < 1.29 is 19.7 Å². The maximum absolute atomic E-state index is 10.2. The number of thioether (sulfide) groups is 1. The van der Waals surface area contributed by atoms with E-state index in [9.17, 15) is 10.2 Å². The highest BCUT2D eigenvalue weighted by Gasteiger charge is 2.37. The zero-order valence-corrected chi connectivity index (χ0v) is 16.7. The standard InChI is InChI=1S/C21H23ClO4S/c1-27-21-20(24)17(23)11-19(26-21)13-3-4-16(22)15(10-13)9-12-2-5-18-14(8-12)6-7-25-18/h2-5,8,10,17,19-21,23-24H,6-7,9,11H2,1H3/t17-,19?,20+,21?/m1/s1. The van der Waals surface area contributed by atoms with Gasteiger partial charge in [0.2, 0.25) is 0 Å². The molecule has 0 aromatic heterocycles. The second-order valence-corrected chi connectivity index (χ2v) is 8.43. The zero-order chi connectivity index (χ0) is 19.0. The summed E-state index contributed by atoms with van der Waals surface area (Å²) in [5.74, 6) is 0.977. The average Bonchev–Trinajstić information content (AvgIpc) is 3.13. The number of ether oxygens (including phenoxy) is 2.